The van der Waals surface area contributed by atoms with E-state index >= 15 is 0 Å². The quantitative estimate of drug-likeness (QED) is 0.0483. The van der Waals surface area contributed by atoms with Crippen molar-refractivity contribution in [2.45, 2.75) is 195 Å². The van der Waals surface area contributed by atoms with E-state index in [2.05, 4.69) is 11.9 Å². The van der Waals surface area contributed by atoms with E-state index < -0.39 is 11.9 Å². The van der Waals surface area contributed by atoms with Crippen molar-refractivity contribution < 1.29 is 28.4 Å². The van der Waals surface area contributed by atoms with Gasteiger partial charge in [-0.2, -0.15) is 0 Å². The maximum absolute atomic E-state index is 5.83. The zero-order chi connectivity index (χ0) is 34.0. The van der Waals surface area contributed by atoms with Crippen LogP contribution in [0.25, 0.3) is 0 Å². The van der Waals surface area contributed by atoms with E-state index in [-0.39, 0.29) is 0 Å². The van der Waals surface area contributed by atoms with E-state index in [0.29, 0.717) is 39.6 Å². The normalized spacial score (nSPS) is 12.5. The van der Waals surface area contributed by atoms with Gasteiger partial charge in [-0.15, -0.1) is 0 Å². The minimum absolute atomic E-state index is 0.613. The van der Waals surface area contributed by atoms with Crippen LogP contribution in [0.1, 0.15) is 183 Å². The minimum Gasteiger partial charge on any atom is -0.328 e. The van der Waals surface area contributed by atoms with Crippen LogP contribution in [0.5, 0.6) is 0 Å². The second kappa shape index (κ2) is 33.2. The predicted molar refractivity (Wildman–Crippen MR) is 194 cm³/mol. The highest BCUT2D eigenvalue weighted by Gasteiger charge is 2.32. The number of unbranched alkanes of at least 4 members (excludes halogenated alkanes) is 18. The summed E-state index contributed by atoms with van der Waals surface area (Å²) in [5, 5.41) is 0. The number of hydrogen-bond acceptors (Lipinski definition) is 7. The number of rotatable bonds is 38. The van der Waals surface area contributed by atoms with Crippen molar-refractivity contribution in [3.63, 3.8) is 0 Å². The van der Waals surface area contributed by atoms with Crippen LogP contribution in [0.2, 0.25) is 0 Å². The molecule has 0 amide bonds. The number of ether oxygens (including phenoxy) is 6. The first kappa shape index (κ1) is 45.7. The third-order valence-electron chi connectivity index (χ3n) is 8.73. The summed E-state index contributed by atoms with van der Waals surface area (Å²) < 4.78 is 35.0. The Morgan fingerprint density at radius 3 is 0.717 bits per heavy atom. The van der Waals surface area contributed by atoms with Crippen LogP contribution in [0.3, 0.4) is 0 Å². The van der Waals surface area contributed by atoms with Crippen molar-refractivity contribution in [1.82, 2.24) is 4.90 Å². The second-order valence-electron chi connectivity index (χ2n) is 12.8. The highest BCUT2D eigenvalue weighted by Crippen LogP contribution is 2.25. The van der Waals surface area contributed by atoms with Gasteiger partial charge < -0.3 is 33.3 Å². The number of hydrogen-bond donors (Lipinski definition) is 0. The van der Waals surface area contributed by atoms with Crippen LogP contribution in [0, 0.1) is 0 Å². The van der Waals surface area contributed by atoms with E-state index in [1.807, 2.05) is 41.5 Å². The Hall–Kier alpha value is -0.280. The molecule has 0 aromatic carbocycles. The van der Waals surface area contributed by atoms with Crippen molar-refractivity contribution in [3.05, 3.63) is 0 Å². The lowest BCUT2D eigenvalue weighted by Gasteiger charge is -2.32. The molecule has 0 atom stereocenters. The average Bonchev–Trinajstić information content (AvgIpc) is 3.03. The Labute approximate surface area is 287 Å². The van der Waals surface area contributed by atoms with E-state index in [1.54, 1.807) is 0 Å². The molecule has 0 aromatic heterocycles. The summed E-state index contributed by atoms with van der Waals surface area (Å²) >= 11 is 0. The Morgan fingerprint density at radius 1 is 0.304 bits per heavy atom. The SMILES string of the molecule is CCOC(CCCCCCCCCCCCN(C)CCCCCCCCCCCCC(OCC)(OCC)OCC)(OCC)OCC. The van der Waals surface area contributed by atoms with Gasteiger partial charge >= 0.3 is 0 Å². The van der Waals surface area contributed by atoms with E-state index in [0.717, 1.165) is 25.7 Å². The fraction of sp³-hybridized carbons (Fsp3) is 1.00. The monoisotopic (exact) mass is 660 g/mol. The lowest BCUT2D eigenvalue weighted by atomic mass is 10.0. The molecule has 0 fully saturated rings. The van der Waals surface area contributed by atoms with Crippen molar-refractivity contribution in [2.75, 3.05) is 59.8 Å². The maximum Gasteiger partial charge on any atom is 0.282 e. The molecule has 7 heteroatoms. The molecule has 0 radical (unpaired) electrons. The van der Waals surface area contributed by atoms with E-state index in [1.165, 1.54) is 129 Å². The van der Waals surface area contributed by atoms with E-state index in [4.69, 9.17) is 28.4 Å². The third kappa shape index (κ3) is 25.7. The first-order chi connectivity index (χ1) is 22.5. The molecular formula is C39H81NO6. The lowest BCUT2D eigenvalue weighted by Crippen LogP contribution is -2.39. The zero-order valence-electron chi connectivity index (χ0n) is 32.1. The van der Waals surface area contributed by atoms with Gasteiger partial charge in [0.2, 0.25) is 0 Å². The Morgan fingerprint density at radius 2 is 0.500 bits per heavy atom. The van der Waals surface area contributed by atoms with Gasteiger partial charge in [0.05, 0.1) is 0 Å². The Kier molecular flexibility index (Phi) is 33.0. The highest BCUT2D eigenvalue weighted by atomic mass is 16.9. The summed E-state index contributed by atoms with van der Waals surface area (Å²) in [7, 11) is 2.31. The molecule has 7 nitrogen and oxygen atoms in total. The van der Waals surface area contributed by atoms with Gasteiger partial charge in [0.15, 0.2) is 0 Å². The Balaban J connectivity index is 3.55. The molecule has 0 aliphatic heterocycles. The molecule has 0 unspecified atom stereocenters. The van der Waals surface area contributed by atoms with Gasteiger partial charge in [-0.05, 0) is 87.4 Å². The fourth-order valence-corrected chi connectivity index (χ4v) is 6.39. The molecule has 0 heterocycles. The smallest absolute Gasteiger partial charge is 0.282 e. The van der Waals surface area contributed by atoms with Gasteiger partial charge in [-0.25, -0.2) is 0 Å². The highest BCUT2D eigenvalue weighted by molar-refractivity contribution is 4.61. The fourth-order valence-electron chi connectivity index (χ4n) is 6.39. The van der Waals surface area contributed by atoms with Crippen LogP contribution in [-0.2, 0) is 28.4 Å². The molecule has 0 spiro atoms. The Bertz CT molecular complexity index is 523. The molecule has 0 aromatic rings. The van der Waals surface area contributed by atoms with Gasteiger partial charge in [-0.3, -0.25) is 0 Å². The molecule has 0 rings (SSSR count). The maximum atomic E-state index is 5.83. The number of nitrogens with zero attached hydrogens (tertiary/aromatic N) is 1. The van der Waals surface area contributed by atoms with Crippen LogP contribution in [0.15, 0.2) is 0 Å². The summed E-state index contributed by atoms with van der Waals surface area (Å²) in [6.45, 7) is 18.2. The largest absolute Gasteiger partial charge is 0.328 e. The molecule has 0 aliphatic rings. The predicted octanol–water partition coefficient (Wildman–Crippen LogP) is 11.0. The molecule has 46 heavy (non-hydrogen) atoms. The van der Waals surface area contributed by atoms with Crippen LogP contribution in [-0.4, -0.2) is 76.6 Å². The average molecular weight is 660 g/mol. The summed E-state index contributed by atoms with van der Waals surface area (Å²) in [4.78, 5) is 2.55. The third-order valence-corrected chi connectivity index (χ3v) is 8.73. The molecule has 0 saturated heterocycles. The van der Waals surface area contributed by atoms with Gasteiger partial charge in [0, 0.05) is 52.5 Å². The molecule has 0 aliphatic carbocycles. The van der Waals surface area contributed by atoms with Crippen LogP contribution in [0.4, 0.5) is 0 Å². The summed E-state index contributed by atoms with van der Waals surface area (Å²) in [6, 6.07) is 0. The van der Waals surface area contributed by atoms with Gasteiger partial charge in [0.25, 0.3) is 11.9 Å². The molecule has 0 saturated carbocycles. The summed E-state index contributed by atoms with van der Waals surface area (Å²) in [6.07, 6.45) is 28.1. The van der Waals surface area contributed by atoms with Gasteiger partial charge in [-0.1, -0.05) is 103 Å². The summed E-state index contributed by atoms with van der Waals surface area (Å²) in [5.41, 5.74) is 0. The minimum atomic E-state index is -0.831. The molecule has 0 N–H and O–H groups in total. The topological polar surface area (TPSA) is 58.6 Å². The summed E-state index contributed by atoms with van der Waals surface area (Å²) in [5.74, 6) is -1.66. The first-order valence-electron chi connectivity index (χ1n) is 20.0. The first-order valence-corrected chi connectivity index (χ1v) is 20.0. The second-order valence-corrected chi connectivity index (χ2v) is 12.8. The van der Waals surface area contributed by atoms with Crippen molar-refractivity contribution >= 4 is 0 Å². The molecule has 278 valence electrons. The van der Waals surface area contributed by atoms with Crippen molar-refractivity contribution in [3.8, 4) is 0 Å². The molecular weight excluding hydrogens is 578 g/mol. The van der Waals surface area contributed by atoms with Crippen LogP contribution < -0.4 is 0 Å². The van der Waals surface area contributed by atoms with Gasteiger partial charge in [0.1, 0.15) is 0 Å². The zero-order valence-corrected chi connectivity index (χ0v) is 32.1. The standard InChI is InChI=1S/C39H81NO6/c1-8-41-38(42-9-2,43-10-3)34-30-26-22-18-14-16-20-24-28-32-36-40(7)37-33-29-25-21-17-15-19-23-27-31-35-39(44-11-4,45-12-5)46-13-6/h8-37H2,1-7H3. The van der Waals surface area contributed by atoms with Crippen LogP contribution >= 0.6 is 0 Å². The van der Waals surface area contributed by atoms with E-state index in [9.17, 15) is 0 Å². The molecule has 0 bridgehead atoms. The van der Waals surface area contributed by atoms with Crippen molar-refractivity contribution in [1.29, 1.82) is 0 Å². The van der Waals surface area contributed by atoms with Crippen molar-refractivity contribution in [2.24, 2.45) is 0 Å². The lowest BCUT2D eigenvalue weighted by molar-refractivity contribution is -0.380.